The number of nitrogen functional groups attached to an aromatic ring is 1. The van der Waals surface area contributed by atoms with Crippen LogP contribution in [0.1, 0.15) is 20.3 Å². The van der Waals surface area contributed by atoms with Crippen molar-refractivity contribution in [2.75, 3.05) is 23.7 Å². The lowest BCUT2D eigenvalue weighted by atomic mass is 10.2. The van der Waals surface area contributed by atoms with E-state index in [4.69, 9.17) is 23.3 Å². The normalized spacial score (nSPS) is 10.4. The van der Waals surface area contributed by atoms with Gasteiger partial charge in [-0.3, -0.25) is 9.11 Å². The average molecular weight is 276 g/mol. The maximum atomic E-state index is 8.74. The van der Waals surface area contributed by atoms with Crippen LogP contribution >= 0.6 is 0 Å². The largest absolute Gasteiger partial charge is 0.399 e. The Balaban J connectivity index is 0.000000494. The van der Waals surface area contributed by atoms with Crippen molar-refractivity contribution in [3.8, 4) is 0 Å². The first-order chi connectivity index (χ1) is 8.27. The van der Waals surface area contributed by atoms with Gasteiger partial charge in [0.2, 0.25) is 0 Å². The van der Waals surface area contributed by atoms with Gasteiger partial charge in [0.1, 0.15) is 0 Å². The summed E-state index contributed by atoms with van der Waals surface area (Å²) in [5.74, 6) is 0. The second-order valence-electron chi connectivity index (χ2n) is 3.62. The Hall–Kier alpha value is -1.31. The summed E-state index contributed by atoms with van der Waals surface area (Å²) in [6.45, 7) is 6.53. The molecule has 18 heavy (non-hydrogen) atoms. The van der Waals surface area contributed by atoms with E-state index < -0.39 is 10.4 Å². The van der Waals surface area contributed by atoms with E-state index in [9.17, 15) is 0 Å². The molecule has 4 N–H and O–H groups in total. The van der Waals surface area contributed by atoms with Crippen molar-refractivity contribution < 1.29 is 17.5 Å². The molecule has 0 atom stereocenters. The van der Waals surface area contributed by atoms with Crippen LogP contribution < -0.4 is 10.6 Å². The third kappa shape index (κ3) is 8.80. The van der Waals surface area contributed by atoms with Crippen LogP contribution in [0.5, 0.6) is 0 Å². The van der Waals surface area contributed by atoms with Gasteiger partial charge < -0.3 is 10.6 Å². The molecule has 0 aliphatic heterocycles. The minimum Gasteiger partial charge on any atom is -0.399 e. The molecular formula is C11H20N2O4S. The maximum Gasteiger partial charge on any atom is 0.394 e. The van der Waals surface area contributed by atoms with Crippen LogP contribution in [0.15, 0.2) is 24.3 Å². The highest BCUT2D eigenvalue weighted by atomic mass is 32.3. The van der Waals surface area contributed by atoms with Crippen LogP contribution in [0.4, 0.5) is 11.4 Å². The summed E-state index contributed by atoms with van der Waals surface area (Å²) in [4.78, 5) is 2.35. The van der Waals surface area contributed by atoms with Gasteiger partial charge in [-0.05, 0) is 37.6 Å². The molecule has 0 bridgehead atoms. The standard InChI is InChI=1S/C11H18N2.H2O4S/c1-3-9-13(4-2)11-7-5-10(12)6-8-11;1-5(2,3)4/h5-8H,3-4,9,12H2,1-2H3;(H2,1,2,3,4). The van der Waals surface area contributed by atoms with Gasteiger partial charge in [-0.25, -0.2) is 0 Å². The highest BCUT2D eigenvalue weighted by Crippen LogP contribution is 2.15. The molecule has 0 saturated heterocycles. The van der Waals surface area contributed by atoms with Gasteiger partial charge >= 0.3 is 10.4 Å². The van der Waals surface area contributed by atoms with Crippen LogP contribution in [0.2, 0.25) is 0 Å². The first-order valence-electron chi connectivity index (χ1n) is 5.58. The number of nitrogens with zero attached hydrogens (tertiary/aromatic N) is 1. The number of anilines is 2. The molecule has 0 amide bonds. The molecule has 6 nitrogen and oxygen atoms in total. The van der Waals surface area contributed by atoms with Crippen LogP contribution in [-0.4, -0.2) is 30.6 Å². The minimum absolute atomic E-state index is 0.830. The third-order valence-electron chi connectivity index (χ3n) is 2.13. The molecule has 1 rings (SSSR count). The lowest BCUT2D eigenvalue weighted by Crippen LogP contribution is -2.23. The van der Waals surface area contributed by atoms with E-state index in [1.165, 1.54) is 12.1 Å². The molecule has 7 heteroatoms. The van der Waals surface area contributed by atoms with E-state index in [2.05, 4.69) is 30.9 Å². The summed E-state index contributed by atoms with van der Waals surface area (Å²) >= 11 is 0. The fourth-order valence-corrected chi connectivity index (χ4v) is 1.42. The second-order valence-corrected chi connectivity index (χ2v) is 4.51. The van der Waals surface area contributed by atoms with Crippen molar-refractivity contribution in [3.63, 3.8) is 0 Å². The van der Waals surface area contributed by atoms with E-state index in [0.29, 0.717) is 0 Å². The smallest absolute Gasteiger partial charge is 0.394 e. The van der Waals surface area contributed by atoms with Crippen molar-refractivity contribution in [2.24, 2.45) is 0 Å². The van der Waals surface area contributed by atoms with Crippen molar-refractivity contribution >= 4 is 21.8 Å². The lowest BCUT2D eigenvalue weighted by molar-refractivity contribution is 0.381. The number of rotatable bonds is 4. The quantitative estimate of drug-likeness (QED) is 0.572. The summed E-state index contributed by atoms with van der Waals surface area (Å²) in [6, 6.07) is 8.06. The van der Waals surface area contributed by atoms with Crippen LogP contribution in [0, 0.1) is 0 Å². The monoisotopic (exact) mass is 276 g/mol. The van der Waals surface area contributed by atoms with Gasteiger partial charge in [0.25, 0.3) is 0 Å². The zero-order chi connectivity index (χ0) is 14.2. The molecule has 0 saturated carbocycles. The van der Waals surface area contributed by atoms with E-state index in [-0.39, 0.29) is 0 Å². The number of benzene rings is 1. The molecule has 0 heterocycles. The van der Waals surface area contributed by atoms with Crippen molar-refractivity contribution in [3.05, 3.63) is 24.3 Å². The SMILES string of the molecule is CCCN(CC)c1ccc(N)cc1.O=S(=O)(O)O. The lowest BCUT2D eigenvalue weighted by Gasteiger charge is -2.22. The van der Waals surface area contributed by atoms with E-state index in [0.717, 1.165) is 18.8 Å². The minimum atomic E-state index is -4.67. The molecule has 0 unspecified atom stereocenters. The Kier molecular flexibility index (Phi) is 7.33. The number of hydrogen-bond donors (Lipinski definition) is 3. The Morgan fingerprint density at radius 3 is 1.94 bits per heavy atom. The zero-order valence-corrected chi connectivity index (χ0v) is 11.4. The molecular weight excluding hydrogens is 256 g/mol. The average Bonchev–Trinajstić information content (AvgIpc) is 2.25. The molecule has 0 aliphatic carbocycles. The van der Waals surface area contributed by atoms with Crippen LogP contribution in [0.3, 0.4) is 0 Å². The molecule has 0 aromatic heterocycles. The Morgan fingerprint density at radius 2 is 1.61 bits per heavy atom. The summed E-state index contributed by atoms with van der Waals surface area (Å²) in [5, 5.41) is 0. The van der Waals surface area contributed by atoms with Gasteiger partial charge in [0, 0.05) is 24.5 Å². The van der Waals surface area contributed by atoms with Crippen LogP contribution in [0.25, 0.3) is 0 Å². The fourth-order valence-electron chi connectivity index (χ4n) is 1.42. The molecule has 0 spiro atoms. The predicted octanol–water partition coefficient (Wildman–Crippen LogP) is 1.85. The molecule has 0 radical (unpaired) electrons. The van der Waals surface area contributed by atoms with E-state index >= 15 is 0 Å². The topological polar surface area (TPSA) is 104 Å². The number of nitrogens with two attached hydrogens (primary N) is 1. The summed E-state index contributed by atoms with van der Waals surface area (Å²) in [7, 11) is -4.67. The highest BCUT2D eigenvalue weighted by molar-refractivity contribution is 7.79. The number of hydrogen-bond acceptors (Lipinski definition) is 4. The molecule has 1 aromatic carbocycles. The van der Waals surface area contributed by atoms with Gasteiger partial charge in [-0.1, -0.05) is 6.92 Å². The summed E-state index contributed by atoms with van der Waals surface area (Å²) < 4.78 is 31.6. The van der Waals surface area contributed by atoms with Crippen molar-refractivity contribution in [2.45, 2.75) is 20.3 Å². The third-order valence-corrected chi connectivity index (χ3v) is 2.13. The second kappa shape index (κ2) is 7.91. The van der Waals surface area contributed by atoms with Gasteiger partial charge in [-0.15, -0.1) is 0 Å². The van der Waals surface area contributed by atoms with E-state index in [1.807, 2.05) is 12.1 Å². The van der Waals surface area contributed by atoms with Gasteiger partial charge in [-0.2, -0.15) is 8.42 Å². The van der Waals surface area contributed by atoms with Gasteiger partial charge in [0.15, 0.2) is 0 Å². The fraction of sp³-hybridized carbons (Fsp3) is 0.455. The zero-order valence-electron chi connectivity index (χ0n) is 10.6. The highest BCUT2D eigenvalue weighted by Gasteiger charge is 2.01. The first kappa shape index (κ1) is 16.7. The molecule has 0 aliphatic rings. The molecule has 0 fully saturated rings. The maximum absolute atomic E-state index is 8.74. The molecule has 104 valence electrons. The summed E-state index contributed by atoms with van der Waals surface area (Å²) in [5.41, 5.74) is 7.72. The first-order valence-corrected chi connectivity index (χ1v) is 6.98. The predicted molar refractivity (Wildman–Crippen MR) is 73.2 cm³/mol. The Morgan fingerprint density at radius 1 is 1.17 bits per heavy atom. The van der Waals surface area contributed by atoms with Gasteiger partial charge in [0.05, 0.1) is 0 Å². The Bertz CT molecular complexity index is 423. The van der Waals surface area contributed by atoms with E-state index in [1.54, 1.807) is 0 Å². The van der Waals surface area contributed by atoms with Crippen molar-refractivity contribution in [1.82, 2.24) is 0 Å². The summed E-state index contributed by atoms with van der Waals surface area (Å²) in [6.07, 6.45) is 1.18. The van der Waals surface area contributed by atoms with Crippen LogP contribution in [-0.2, 0) is 10.4 Å². The van der Waals surface area contributed by atoms with Crippen molar-refractivity contribution in [1.29, 1.82) is 0 Å². The molecule has 1 aromatic rings. The Labute approximate surface area is 108 Å².